The van der Waals surface area contributed by atoms with Crippen LogP contribution in [0, 0.1) is 0 Å². The molecule has 2 nitrogen and oxygen atoms in total. The monoisotopic (exact) mass is 249 g/mol. The van der Waals surface area contributed by atoms with Gasteiger partial charge in [-0.25, -0.2) is 0 Å². The van der Waals surface area contributed by atoms with Crippen LogP contribution in [0.3, 0.4) is 0 Å². The predicted octanol–water partition coefficient (Wildman–Crippen LogP) is 3.99. The van der Waals surface area contributed by atoms with Crippen LogP contribution >= 0.6 is 0 Å². The number of aliphatic hydroxyl groups is 1. The zero-order valence-electron chi connectivity index (χ0n) is 12.0. The van der Waals surface area contributed by atoms with E-state index in [2.05, 4.69) is 36.5 Å². The Morgan fingerprint density at radius 3 is 2.50 bits per heavy atom. The molecule has 1 rings (SSSR count). The van der Waals surface area contributed by atoms with Crippen LogP contribution in [0.15, 0.2) is 24.3 Å². The number of unbranched alkanes of at least 4 members (excludes halogenated alkanes) is 1. The van der Waals surface area contributed by atoms with Crippen LogP contribution in [0.2, 0.25) is 0 Å². The quantitative estimate of drug-likeness (QED) is 0.730. The lowest BCUT2D eigenvalue weighted by Crippen LogP contribution is -2.35. The van der Waals surface area contributed by atoms with Crippen molar-refractivity contribution in [3.63, 3.8) is 0 Å². The molecule has 1 aromatic rings. The van der Waals surface area contributed by atoms with Gasteiger partial charge in [-0.2, -0.15) is 0 Å². The molecule has 18 heavy (non-hydrogen) atoms. The normalized spacial score (nSPS) is 11.6. The molecule has 0 aliphatic heterocycles. The molecule has 0 amide bonds. The maximum Gasteiger partial charge on any atom is 0.0814 e. The highest BCUT2D eigenvalue weighted by atomic mass is 16.3. The van der Waals surface area contributed by atoms with Gasteiger partial charge in [0.15, 0.2) is 0 Å². The third kappa shape index (κ3) is 4.69. The molecule has 1 aromatic carbocycles. The zero-order valence-corrected chi connectivity index (χ0v) is 12.0. The van der Waals surface area contributed by atoms with Gasteiger partial charge < -0.3 is 10.4 Å². The molecule has 0 aromatic heterocycles. The van der Waals surface area contributed by atoms with Gasteiger partial charge in [0.1, 0.15) is 0 Å². The largest absolute Gasteiger partial charge is 0.388 e. The van der Waals surface area contributed by atoms with Gasteiger partial charge in [0.2, 0.25) is 0 Å². The minimum Gasteiger partial charge on any atom is -0.388 e. The Morgan fingerprint density at radius 1 is 1.17 bits per heavy atom. The molecule has 0 fully saturated rings. The highest BCUT2D eigenvalue weighted by molar-refractivity contribution is 5.46. The minimum atomic E-state index is -0.584. The van der Waals surface area contributed by atoms with Gasteiger partial charge in [0.05, 0.1) is 5.60 Å². The van der Waals surface area contributed by atoms with Crippen LogP contribution in [-0.4, -0.2) is 17.3 Å². The summed E-state index contributed by atoms with van der Waals surface area (Å²) < 4.78 is 0. The Labute approximate surface area is 111 Å². The number of hydrogen-bond donors (Lipinski definition) is 2. The number of anilines is 1. The Balaban J connectivity index is 2.56. The van der Waals surface area contributed by atoms with E-state index in [9.17, 15) is 5.11 Å². The minimum absolute atomic E-state index is 0.584. The fraction of sp³-hybridized carbons (Fsp3) is 0.625. The van der Waals surface area contributed by atoms with Gasteiger partial charge in [0.25, 0.3) is 0 Å². The molecular weight excluding hydrogens is 222 g/mol. The van der Waals surface area contributed by atoms with Crippen molar-refractivity contribution in [2.75, 3.05) is 11.9 Å². The van der Waals surface area contributed by atoms with Gasteiger partial charge in [-0.05, 0) is 43.4 Å². The van der Waals surface area contributed by atoms with Crippen molar-refractivity contribution in [3.05, 3.63) is 29.8 Å². The topological polar surface area (TPSA) is 32.3 Å². The van der Waals surface area contributed by atoms with Crippen LogP contribution in [0.1, 0.15) is 52.0 Å². The first kappa shape index (κ1) is 15.0. The SMILES string of the molecule is CCCCc1cccc(NCC(O)(CC)CC)c1. The van der Waals surface area contributed by atoms with Crippen molar-refractivity contribution in [3.8, 4) is 0 Å². The van der Waals surface area contributed by atoms with Crippen LogP contribution in [0.4, 0.5) is 5.69 Å². The summed E-state index contributed by atoms with van der Waals surface area (Å²) in [6, 6.07) is 8.53. The molecule has 0 aliphatic carbocycles. The third-order valence-electron chi connectivity index (χ3n) is 3.68. The number of hydrogen-bond acceptors (Lipinski definition) is 2. The van der Waals surface area contributed by atoms with E-state index in [1.54, 1.807) is 0 Å². The van der Waals surface area contributed by atoms with Crippen molar-refractivity contribution in [2.45, 2.75) is 58.5 Å². The standard InChI is InChI=1S/C16H27NO/c1-4-7-9-14-10-8-11-15(12-14)17-13-16(18,5-2)6-3/h8,10-12,17-18H,4-7,9,13H2,1-3H3. The maximum absolute atomic E-state index is 10.2. The van der Waals surface area contributed by atoms with Crippen molar-refractivity contribution in [2.24, 2.45) is 0 Å². The highest BCUT2D eigenvalue weighted by Gasteiger charge is 2.21. The predicted molar refractivity (Wildman–Crippen MR) is 79.1 cm³/mol. The van der Waals surface area contributed by atoms with Crippen molar-refractivity contribution < 1.29 is 5.11 Å². The van der Waals surface area contributed by atoms with Crippen LogP contribution in [0.25, 0.3) is 0 Å². The average molecular weight is 249 g/mol. The van der Waals surface area contributed by atoms with Crippen LogP contribution < -0.4 is 5.32 Å². The van der Waals surface area contributed by atoms with E-state index in [1.807, 2.05) is 13.8 Å². The molecule has 0 saturated carbocycles. The number of benzene rings is 1. The van der Waals surface area contributed by atoms with Gasteiger partial charge >= 0.3 is 0 Å². The maximum atomic E-state index is 10.2. The fourth-order valence-corrected chi connectivity index (χ4v) is 1.98. The first-order valence-electron chi connectivity index (χ1n) is 7.18. The summed E-state index contributed by atoms with van der Waals surface area (Å²) in [4.78, 5) is 0. The summed E-state index contributed by atoms with van der Waals surface area (Å²) in [5.74, 6) is 0. The number of nitrogens with one attached hydrogen (secondary N) is 1. The lowest BCUT2D eigenvalue weighted by Gasteiger charge is -2.26. The fourth-order valence-electron chi connectivity index (χ4n) is 1.98. The molecule has 0 atom stereocenters. The first-order chi connectivity index (χ1) is 8.63. The summed E-state index contributed by atoms with van der Waals surface area (Å²) in [6.45, 7) is 6.90. The summed E-state index contributed by atoms with van der Waals surface area (Å²) in [5.41, 5.74) is 1.90. The second kappa shape index (κ2) is 7.42. The summed E-state index contributed by atoms with van der Waals surface area (Å²) in [5, 5.41) is 13.6. The summed E-state index contributed by atoms with van der Waals surface area (Å²) in [6.07, 6.45) is 5.16. The van der Waals surface area contributed by atoms with Crippen molar-refractivity contribution >= 4 is 5.69 Å². The van der Waals surface area contributed by atoms with E-state index in [4.69, 9.17) is 0 Å². The third-order valence-corrected chi connectivity index (χ3v) is 3.68. The average Bonchev–Trinajstić information content (AvgIpc) is 2.43. The molecule has 0 saturated heterocycles. The number of rotatable bonds is 8. The Bertz CT molecular complexity index is 345. The van der Waals surface area contributed by atoms with Crippen LogP contribution in [0.5, 0.6) is 0 Å². The van der Waals surface area contributed by atoms with Gasteiger partial charge in [0, 0.05) is 12.2 Å². The van der Waals surface area contributed by atoms with Gasteiger partial charge in [-0.1, -0.05) is 39.3 Å². The van der Waals surface area contributed by atoms with Crippen molar-refractivity contribution in [1.82, 2.24) is 0 Å². The first-order valence-corrected chi connectivity index (χ1v) is 7.18. The second-order valence-electron chi connectivity index (χ2n) is 5.09. The molecule has 0 heterocycles. The van der Waals surface area contributed by atoms with E-state index in [0.29, 0.717) is 6.54 Å². The second-order valence-corrected chi connectivity index (χ2v) is 5.09. The molecule has 0 bridgehead atoms. The van der Waals surface area contributed by atoms with E-state index >= 15 is 0 Å². The molecular formula is C16H27NO. The van der Waals surface area contributed by atoms with Gasteiger partial charge in [-0.15, -0.1) is 0 Å². The molecule has 0 aliphatic rings. The van der Waals surface area contributed by atoms with E-state index in [-0.39, 0.29) is 0 Å². The molecule has 0 radical (unpaired) electrons. The summed E-state index contributed by atoms with van der Waals surface area (Å²) >= 11 is 0. The Kier molecular flexibility index (Phi) is 6.20. The van der Waals surface area contributed by atoms with E-state index < -0.39 is 5.60 Å². The number of aryl methyl sites for hydroxylation is 1. The summed E-state index contributed by atoms with van der Waals surface area (Å²) in [7, 11) is 0. The van der Waals surface area contributed by atoms with E-state index in [0.717, 1.165) is 24.9 Å². The van der Waals surface area contributed by atoms with Crippen LogP contribution in [-0.2, 0) is 6.42 Å². The Hall–Kier alpha value is -1.02. The molecule has 0 unspecified atom stereocenters. The molecule has 2 heteroatoms. The smallest absolute Gasteiger partial charge is 0.0814 e. The lowest BCUT2D eigenvalue weighted by molar-refractivity contribution is 0.0457. The van der Waals surface area contributed by atoms with Crippen molar-refractivity contribution in [1.29, 1.82) is 0 Å². The Morgan fingerprint density at radius 2 is 1.89 bits per heavy atom. The lowest BCUT2D eigenvalue weighted by atomic mass is 9.97. The van der Waals surface area contributed by atoms with E-state index in [1.165, 1.54) is 18.4 Å². The molecule has 2 N–H and O–H groups in total. The molecule has 102 valence electrons. The molecule has 0 spiro atoms. The van der Waals surface area contributed by atoms with Gasteiger partial charge in [-0.3, -0.25) is 0 Å². The zero-order chi connectivity index (χ0) is 13.4. The highest BCUT2D eigenvalue weighted by Crippen LogP contribution is 2.18.